The van der Waals surface area contributed by atoms with Crippen molar-refractivity contribution >= 4 is 56.4 Å². The summed E-state index contributed by atoms with van der Waals surface area (Å²) in [7, 11) is 0. The van der Waals surface area contributed by atoms with Crippen molar-refractivity contribution in [2.75, 3.05) is 0 Å². The maximum atomic E-state index is 7.10. The van der Waals surface area contributed by atoms with Crippen molar-refractivity contribution in [2.24, 2.45) is 0 Å². The molecule has 3 N–H and O–H groups in total. The molecule has 0 amide bonds. The van der Waals surface area contributed by atoms with E-state index in [-0.39, 0.29) is 5.92 Å². The quantitative estimate of drug-likeness (QED) is 0.162. The van der Waals surface area contributed by atoms with Crippen molar-refractivity contribution in [2.45, 2.75) is 47.5 Å². The van der Waals surface area contributed by atoms with Gasteiger partial charge in [0.05, 0.1) is 39.0 Å². The Balaban J connectivity index is 1.19. The number of furan rings is 1. The molecular weight excluding hydrogens is 769 g/mol. The van der Waals surface area contributed by atoms with Crippen LogP contribution in [0.1, 0.15) is 56.2 Å². The van der Waals surface area contributed by atoms with Crippen LogP contribution >= 0.6 is 0 Å². The normalized spacial score (nSPS) is 13.0. The molecule has 0 radical (unpaired) electrons. The highest BCUT2D eigenvalue weighted by molar-refractivity contribution is 5.98. The Morgan fingerprint density at radius 1 is 0.397 bits per heavy atom. The largest absolute Gasteiger partial charge is 0.456 e. The van der Waals surface area contributed by atoms with Gasteiger partial charge >= 0.3 is 0 Å². The molecule has 0 atom stereocenters. The number of nitrogens with one attached hydrogen (secondary N) is 3. The Morgan fingerprint density at radius 3 is 1.27 bits per heavy atom. The second kappa shape index (κ2) is 15.1. The molecule has 9 aromatic rings. The standard InChI is InChI=1S/C58H48N4O/c1-33-29-35(3)54(36(4)30-33)40-11-15-42(16-12-40)57-50-25-21-46(61-50)44-19-23-48(59-44)56(39-9-7-8-10-39)49-24-20-45(60-49)47-22-26-51(62-47)58(53-28-27-52(57)63-53)43-17-13-41(14-18-43)55-37(5)31-34(2)32-38(55)6/h7-32,39,59,61-62H,1-6H3. The Hall–Kier alpha value is -7.63. The van der Waals surface area contributed by atoms with E-state index in [0.29, 0.717) is 0 Å². The molecule has 0 unspecified atom stereocenters. The zero-order chi connectivity index (χ0) is 42.9. The number of benzene rings is 4. The van der Waals surface area contributed by atoms with Gasteiger partial charge in [-0.1, -0.05) is 108 Å². The first kappa shape index (κ1) is 38.3. The maximum Gasteiger partial charge on any atom is 0.137 e. The lowest BCUT2D eigenvalue weighted by Gasteiger charge is -2.12. The van der Waals surface area contributed by atoms with Gasteiger partial charge in [0.1, 0.15) is 11.2 Å². The van der Waals surface area contributed by atoms with Crippen molar-refractivity contribution < 1.29 is 4.42 Å². The number of H-pyrrole nitrogens is 3. The average Bonchev–Trinajstić information content (AvgIpc) is 4.11. The van der Waals surface area contributed by atoms with Gasteiger partial charge in [-0.2, -0.15) is 0 Å². The van der Waals surface area contributed by atoms with Crippen molar-refractivity contribution in [3.63, 3.8) is 0 Å². The Morgan fingerprint density at radius 2 is 0.778 bits per heavy atom. The summed E-state index contributed by atoms with van der Waals surface area (Å²) >= 11 is 0. The monoisotopic (exact) mass is 816 g/mol. The van der Waals surface area contributed by atoms with E-state index in [1.165, 1.54) is 55.6 Å². The van der Waals surface area contributed by atoms with E-state index in [4.69, 9.17) is 9.40 Å². The van der Waals surface area contributed by atoms with Crippen molar-refractivity contribution in [3.05, 3.63) is 196 Å². The highest BCUT2D eigenvalue weighted by Gasteiger charge is 2.19. The molecule has 63 heavy (non-hydrogen) atoms. The van der Waals surface area contributed by atoms with Gasteiger partial charge in [-0.05, 0) is 158 Å². The molecule has 10 bridgehead atoms. The lowest BCUT2D eigenvalue weighted by molar-refractivity contribution is 0.668. The van der Waals surface area contributed by atoms with Crippen LogP contribution in [-0.4, -0.2) is 19.9 Å². The predicted molar refractivity (Wildman–Crippen MR) is 265 cm³/mol. The first-order valence-corrected chi connectivity index (χ1v) is 21.8. The first-order chi connectivity index (χ1) is 30.6. The van der Waals surface area contributed by atoms with E-state index in [1.807, 2.05) is 0 Å². The van der Waals surface area contributed by atoms with Gasteiger partial charge in [0, 0.05) is 28.1 Å². The molecule has 2 aliphatic rings. The van der Waals surface area contributed by atoms with Gasteiger partial charge < -0.3 is 19.4 Å². The molecular formula is C58H48N4O. The number of aromatic amines is 3. The third-order valence-electron chi connectivity index (χ3n) is 12.8. The molecule has 0 saturated carbocycles. The molecule has 5 aromatic heterocycles. The zero-order valence-electron chi connectivity index (χ0n) is 36.4. The lowest BCUT2D eigenvalue weighted by Crippen LogP contribution is -1.94. The summed E-state index contributed by atoms with van der Waals surface area (Å²) in [6.45, 7) is 13.1. The minimum Gasteiger partial charge on any atom is -0.456 e. The van der Waals surface area contributed by atoms with Crippen LogP contribution in [0.2, 0.25) is 0 Å². The third kappa shape index (κ3) is 6.77. The van der Waals surface area contributed by atoms with Gasteiger partial charge in [0.15, 0.2) is 0 Å². The average molecular weight is 817 g/mol. The summed E-state index contributed by atoms with van der Waals surface area (Å²) in [5.41, 5.74) is 27.1. The van der Waals surface area contributed by atoms with Crippen molar-refractivity contribution in [3.8, 4) is 44.5 Å². The van der Waals surface area contributed by atoms with Crippen LogP contribution in [0.5, 0.6) is 0 Å². The van der Waals surface area contributed by atoms with Crippen LogP contribution in [-0.2, 0) is 0 Å². The van der Waals surface area contributed by atoms with E-state index in [0.717, 1.165) is 83.5 Å². The molecule has 0 saturated heterocycles. The number of aromatic nitrogens is 4. The molecule has 6 heterocycles. The van der Waals surface area contributed by atoms with E-state index < -0.39 is 0 Å². The highest BCUT2D eigenvalue weighted by Crippen LogP contribution is 2.39. The molecule has 306 valence electrons. The van der Waals surface area contributed by atoms with E-state index >= 15 is 0 Å². The van der Waals surface area contributed by atoms with Crippen molar-refractivity contribution in [1.29, 1.82) is 0 Å². The topological polar surface area (TPSA) is 73.4 Å². The minimum absolute atomic E-state index is 0.0979. The fraction of sp³-hybridized carbons (Fsp3) is 0.121. The number of nitrogens with zero attached hydrogens (tertiary/aromatic N) is 1. The zero-order valence-corrected chi connectivity index (χ0v) is 36.4. The summed E-state index contributed by atoms with van der Waals surface area (Å²) < 4.78 is 7.10. The second-order valence-electron chi connectivity index (χ2n) is 17.4. The number of allylic oxidation sites excluding steroid dienone is 4. The van der Waals surface area contributed by atoms with Gasteiger partial charge in [-0.25, -0.2) is 4.98 Å². The molecule has 0 fully saturated rings. The summed E-state index contributed by atoms with van der Waals surface area (Å²) in [5.74, 6) is 0.0979. The van der Waals surface area contributed by atoms with Crippen LogP contribution in [0, 0.1) is 41.5 Å². The number of fused-ring (bicyclic) bond motifs is 12. The Kier molecular flexibility index (Phi) is 9.16. The molecule has 11 rings (SSSR count). The van der Waals surface area contributed by atoms with E-state index in [1.54, 1.807) is 0 Å². The Bertz CT molecular complexity index is 3500. The third-order valence-corrected chi connectivity index (χ3v) is 12.8. The number of rotatable bonds is 5. The summed E-state index contributed by atoms with van der Waals surface area (Å²) in [4.78, 5) is 16.6. The SMILES string of the molecule is Cc1cc(C)c(-c2ccc(-c3c4ccc([nH]4)c4nc(c(C5C=CC=C5)c5ccc([nH]5)c5ccc([nH]5)c(-c5ccc(-c6c(C)cc(C)cc6C)cc5)c5ccc3o5)C=C4)cc2)c(C)c1. The van der Waals surface area contributed by atoms with Gasteiger partial charge in [0.25, 0.3) is 0 Å². The molecule has 5 heteroatoms. The summed E-state index contributed by atoms with van der Waals surface area (Å²) in [5, 5.41) is 0. The van der Waals surface area contributed by atoms with Crippen molar-refractivity contribution in [1.82, 2.24) is 19.9 Å². The summed E-state index contributed by atoms with van der Waals surface area (Å²) in [6.07, 6.45) is 12.9. The lowest BCUT2D eigenvalue weighted by atomic mass is 9.92. The van der Waals surface area contributed by atoms with Gasteiger partial charge in [-0.3, -0.25) is 0 Å². The van der Waals surface area contributed by atoms with Crippen LogP contribution in [0.15, 0.2) is 150 Å². The van der Waals surface area contributed by atoms with Crippen LogP contribution < -0.4 is 0 Å². The fourth-order valence-corrected chi connectivity index (χ4v) is 10.2. The van der Waals surface area contributed by atoms with Crippen LogP contribution in [0.3, 0.4) is 0 Å². The maximum absolute atomic E-state index is 7.10. The first-order valence-electron chi connectivity index (χ1n) is 21.8. The Labute approximate surface area is 367 Å². The molecule has 0 spiro atoms. The number of aryl methyl sites for hydroxylation is 6. The van der Waals surface area contributed by atoms with E-state index in [2.05, 4.69) is 214 Å². The second-order valence-corrected chi connectivity index (χ2v) is 17.4. The number of hydrogen-bond acceptors (Lipinski definition) is 2. The molecule has 4 aromatic carbocycles. The van der Waals surface area contributed by atoms with Crippen LogP contribution in [0.25, 0.3) is 101 Å². The predicted octanol–water partition coefficient (Wildman–Crippen LogP) is 15.7. The minimum atomic E-state index is 0.0979. The molecule has 1 aliphatic carbocycles. The highest BCUT2D eigenvalue weighted by atomic mass is 16.3. The smallest absolute Gasteiger partial charge is 0.137 e. The van der Waals surface area contributed by atoms with Gasteiger partial charge in [0.2, 0.25) is 0 Å². The van der Waals surface area contributed by atoms with E-state index in [9.17, 15) is 0 Å². The summed E-state index contributed by atoms with van der Waals surface area (Å²) in [6, 6.07) is 44.1. The van der Waals surface area contributed by atoms with Gasteiger partial charge in [-0.15, -0.1) is 0 Å². The molecule has 5 nitrogen and oxygen atoms in total. The van der Waals surface area contributed by atoms with Crippen LogP contribution in [0.4, 0.5) is 0 Å². The number of hydrogen-bond donors (Lipinski definition) is 3. The fourth-order valence-electron chi connectivity index (χ4n) is 10.2. The molecule has 1 aliphatic heterocycles.